The van der Waals surface area contributed by atoms with Crippen LogP contribution in [0.1, 0.15) is 39.5 Å². The molecule has 3 nitrogen and oxygen atoms in total. The van der Waals surface area contributed by atoms with Gasteiger partial charge in [0.2, 0.25) is 6.17 Å². The molecule has 100 valence electrons. The van der Waals surface area contributed by atoms with Crippen molar-refractivity contribution in [2.24, 2.45) is 16.7 Å². The highest BCUT2D eigenvalue weighted by molar-refractivity contribution is 5.91. The summed E-state index contributed by atoms with van der Waals surface area (Å²) in [6, 6.07) is 0. The average Bonchev–Trinajstić information content (AvgIpc) is 2.77. The maximum atomic E-state index is 12.6. The Balaban J connectivity index is 1.68. The Hall–Kier alpha value is -0.410. The zero-order valence-corrected chi connectivity index (χ0v) is 11.7. The molecular formula is C15H26N2O+2. The van der Waals surface area contributed by atoms with Crippen molar-refractivity contribution >= 4 is 5.78 Å². The van der Waals surface area contributed by atoms with Gasteiger partial charge in [0.05, 0.1) is 32.1 Å². The molecule has 4 heterocycles. The number of hydrogen-bond donors (Lipinski definition) is 2. The fraction of sp³-hybridized carbons (Fsp3) is 0.933. The van der Waals surface area contributed by atoms with Gasteiger partial charge in [0, 0.05) is 0 Å². The van der Waals surface area contributed by atoms with Crippen molar-refractivity contribution in [1.29, 1.82) is 0 Å². The Bertz CT molecular complexity index is 359. The van der Waals surface area contributed by atoms with Crippen LogP contribution in [0.2, 0.25) is 0 Å². The first-order chi connectivity index (χ1) is 8.52. The zero-order chi connectivity index (χ0) is 12.5. The van der Waals surface area contributed by atoms with Gasteiger partial charge < -0.3 is 0 Å². The molecule has 1 saturated carbocycles. The second kappa shape index (κ2) is 3.37. The van der Waals surface area contributed by atoms with Gasteiger partial charge in [-0.05, 0) is 26.7 Å². The summed E-state index contributed by atoms with van der Waals surface area (Å²) in [7, 11) is 0. The van der Waals surface area contributed by atoms with Gasteiger partial charge in [-0.3, -0.25) is 14.6 Å². The van der Waals surface area contributed by atoms with E-state index in [9.17, 15) is 4.79 Å². The molecule has 2 N–H and O–H groups in total. The molecule has 0 radical (unpaired) electrons. The maximum absolute atomic E-state index is 12.6. The predicted molar refractivity (Wildman–Crippen MR) is 68.4 cm³/mol. The molecule has 0 amide bonds. The number of hydrogen-bond acceptors (Lipinski definition) is 1. The van der Waals surface area contributed by atoms with Crippen LogP contribution in [-0.2, 0) is 4.79 Å². The Morgan fingerprint density at radius 2 is 1.39 bits per heavy atom. The third-order valence-electron chi connectivity index (χ3n) is 6.32. The summed E-state index contributed by atoms with van der Waals surface area (Å²) in [6.45, 7) is 8.93. The predicted octanol–water partition coefficient (Wildman–Crippen LogP) is -1.10. The van der Waals surface area contributed by atoms with Crippen molar-refractivity contribution in [2.45, 2.75) is 45.7 Å². The molecule has 18 heavy (non-hydrogen) atoms. The van der Waals surface area contributed by atoms with Gasteiger partial charge in [-0.1, -0.05) is 12.8 Å². The van der Waals surface area contributed by atoms with E-state index in [1.807, 2.05) is 0 Å². The number of piperidine rings is 2. The monoisotopic (exact) mass is 250 g/mol. The lowest BCUT2D eigenvalue weighted by atomic mass is 9.61. The molecule has 3 heteroatoms. The summed E-state index contributed by atoms with van der Waals surface area (Å²) in [5.41, 5.74) is -0.0178. The molecule has 0 spiro atoms. The summed E-state index contributed by atoms with van der Waals surface area (Å²) < 4.78 is 0. The molecule has 0 atom stereocenters. The Labute approximate surface area is 110 Å². The number of nitrogens with one attached hydrogen (secondary N) is 2. The van der Waals surface area contributed by atoms with Crippen LogP contribution in [0.3, 0.4) is 0 Å². The molecule has 0 aromatic carbocycles. The first-order valence-corrected chi connectivity index (χ1v) is 7.76. The van der Waals surface area contributed by atoms with Crippen molar-refractivity contribution in [2.75, 3.05) is 26.2 Å². The molecule has 1 aliphatic carbocycles. The molecule has 4 aliphatic heterocycles. The molecule has 5 aliphatic rings. The van der Waals surface area contributed by atoms with Crippen LogP contribution < -0.4 is 9.80 Å². The van der Waals surface area contributed by atoms with Gasteiger partial charge in [-0.25, -0.2) is 0 Å². The van der Waals surface area contributed by atoms with Crippen molar-refractivity contribution in [3.8, 4) is 0 Å². The molecule has 5 fully saturated rings. The summed E-state index contributed by atoms with van der Waals surface area (Å²) in [6.07, 6.45) is 6.59. The van der Waals surface area contributed by atoms with Crippen molar-refractivity contribution in [3.05, 3.63) is 0 Å². The van der Waals surface area contributed by atoms with Gasteiger partial charge in [-0.15, -0.1) is 0 Å². The van der Waals surface area contributed by atoms with E-state index in [1.54, 1.807) is 9.80 Å². The minimum Gasteiger partial charge on any atom is -0.297 e. The summed E-state index contributed by atoms with van der Waals surface area (Å²) in [5.74, 6) is 1.52. The quantitative estimate of drug-likeness (QED) is 0.607. The number of rotatable bonds is 1. The fourth-order valence-electron chi connectivity index (χ4n) is 5.99. The molecule has 4 saturated heterocycles. The van der Waals surface area contributed by atoms with E-state index in [0.29, 0.717) is 5.78 Å². The molecule has 0 unspecified atom stereocenters. The summed E-state index contributed by atoms with van der Waals surface area (Å²) in [4.78, 5) is 16.1. The van der Waals surface area contributed by atoms with E-state index in [4.69, 9.17) is 0 Å². The van der Waals surface area contributed by atoms with E-state index >= 15 is 0 Å². The third-order valence-corrected chi connectivity index (χ3v) is 6.32. The van der Waals surface area contributed by atoms with Crippen LogP contribution >= 0.6 is 0 Å². The van der Waals surface area contributed by atoms with E-state index < -0.39 is 0 Å². The van der Waals surface area contributed by atoms with Crippen molar-refractivity contribution < 1.29 is 14.6 Å². The smallest absolute Gasteiger partial charge is 0.216 e. The summed E-state index contributed by atoms with van der Waals surface area (Å²) >= 11 is 0. The molecule has 4 bridgehead atoms. The van der Waals surface area contributed by atoms with Gasteiger partial charge in [0.1, 0.15) is 10.8 Å². The van der Waals surface area contributed by atoms with Crippen LogP contribution in [0.5, 0.6) is 0 Å². The normalized spacial score (nSPS) is 55.4. The largest absolute Gasteiger partial charge is 0.297 e. The number of carbonyl (C=O) groups is 1. The lowest BCUT2D eigenvalue weighted by Gasteiger charge is -2.60. The second-order valence-electron chi connectivity index (χ2n) is 8.00. The highest BCUT2D eigenvalue weighted by atomic mass is 16.1. The van der Waals surface area contributed by atoms with Crippen LogP contribution in [0, 0.1) is 16.7 Å². The molecule has 0 aromatic rings. The highest BCUT2D eigenvalue weighted by Gasteiger charge is 2.68. The topological polar surface area (TPSA) is 26.0 Å². The van der Waals surface area contributed by atoms with Gasteiger partial charge >= 0.3 is 0 Å². The highest BCUT2D eigenvalue weighted by Crippen LogP contribution is 2.36. The van der Waals surface area contributed by atoms with Crippen LogP contribution in [0.4, 0.5) is 0 Å². The number of carbonyl (C=O) groups excluding carboxylic acids is 1. The minimum atomic E-state index is -0.00891. The molecule has 0 aromatic heterocycles. The Morgan fingerprint density at radius 3 is 1.83 bits per heavy atom. The maximum Gasteiger partial charge on any atom is 0.216 e. The first-order valence-electron chi connectivity index (χ1n) is 7.76. The minimum absolute atomic E-state index is 0.00891. The van der Waals surface area contributed by atoms with Gasteiger partial charge in [0.15, 0.2) is 5.78 Å². The number of Topliss-reactive ketones (excluding diaryl/α,β-unsaturated/α-hetero) is 1. The Kier molecular flexibility index (Phi) is 2.14. The van der Waals surface area contributed by atoms with Crippen LogP contribution in [0.25, 0.3) is 0 Å². The molecule has 5 rings (SSSR count). The second-order valence-corrected chi connectivity index (χ2v) is 8.00. The average molecular weight is 250 g/mol. The van der Waals surface area contributed by atoms with Crippen LogP contribution in [-0.4, -0.2) is 38.1 Å². The standard InChI is InChI=1S/C15H24N2O/c1-14-7-16-9-15(2,13(14)18)10-17(8-14)12(16)11-5-3-4-6-11/h11-12H,3-10H2,1-2H3/p+2. The number of quaternary nitrogens is 2. The molecular weight excluding hydrogens is 224 g/mol. The van der Waals surface area contributed by atoms with Crippen molar-refractivity contribution in [1.82, 2.24) is 0 Å². The van der Waals surface area contributed by atoms with Gasteiger partial charge in [-0.2, -0.15) is 0 Å². The lowest BCUT2D eigenvalue weighted by molar-refractivity contribution is -1.17. The Morgan fingerprint density at radius 1 is 0.944 bits per heavy atom. The van der Waals surface area contributed by atoms with Gasteiger partial charge in [0.25, 0.3) is 0 Å². The SMILES string of the molecule is CC12C[NH+]3CC(C)(C[NH+](C1)C3C1CCCC1)C2=O. The zero-order valence-electron chi connectivity index (χ0n) is 11.7. The van der Waals surface area contributed by atoms with Crippen LogP contribution in [0.15, 0.2) is 0 Å². The van der Waals surface area contributed by atoms with E-state index in [-0.39, 0.29) is 10.8 Å². The fourth-order valence-corrected chi connectivity index (χ4v) is 5.99. The number of ketones is 1. The van der Waals surface area contributed by atoms with E-state index in [2.05, 4.69) is 13.8 Å². The summed E-state index contributed by atoms with van der Waals surface area (Å²) in [5, 5.41) is 0. The van der Waals surface area contributed by atoms with E-state index in [1.165, 1.54) is 25.7 Å². The third kappa shape index (κ3) is 1.30. The lowest BCUT2D eigenvalue weighted by Crippen LogP contribution is -3.45. The van der Waals surface area contributed by atoms with E-state index in [0.717, 1.165) is 38.3 Å². The van der Waals surface area contributed by atoms with Crippen molar-refractivity contribution in [3.63, 3.8) is 0 Å². The first kappa shape index (κ1) is 11.4.